The minimum absolute atomic E-state index is 0.995. The molecule has 3 aromatic rings. The first-order valence-electron chi connectivity index (χ1n) is 8.88. The van der Waals surface area contributed by atoms with Crippen molar-refractivity contribution in [1.29, 1.82) is 0 Å². The number of nitrogens with zero attached hydrogens (tertiary/aromatic N) is 2. The van der Waals surface area contributed by atoms with Crippen molar-refractivity contribution >= 4 is 32.9 Å². The van der Waals surface area contributed by atoms with Gasteiger partial charge in [0.25, 0.3) is 0 Å². The Morgan fingerprint density at radius 1 is 0.667 bits per heavy atom. The van der Waals surface area contributed by atoms with Crippen molar-refractivity contribution in [3.8, 4) is 0 Å². The van der Waals surface area contributed by atoms with Crippen LogP contribution in [0.3, 0.4) is 0 Å². The molecular weight excluding hydrogens is 292 g/mol. The molecule has 0 saturated heterocycles. The normalized spacial score (nSPS) is 11.2. The van der Waals surface area contributed by atoms with E-state index in [4.69, 9.17) is 0 Å². The molecule has 0 aromatic heterocycles. The van der Waals surface area contributed by atoms with Crippen molar-refractivity contribution < 1.29 is 0 Å². The van der Waals surface area contributed by atoms with Crippen molar-refractivity contribution in [3.05, 3.63) is 47.5 Å². The van der Waals surface area contributed by atoms with E-state index in [1.807, 2.05) is 0 Å². The first kappa shape index (κ1) is 16.6. The smallest absolute Gasteiger partial charge is 0.0527 e. The maximum Gasteiger partial charge on any atom is 0.0527 e. The second-order valence-corrected chi connectivity index (χ2v) is 6.72. The largest absolute Gasteiger partial charge is 0.374 e. The highest BCUT2D eigenvalue weighted by Gasteiger charge is 2.20. The summed E-state index contributed by atoms with van der Waals surface area (Å²) in [6.45, 7) is 10.9. The van der Waals surface area contributed by atoms with Crippen LogP contribution in [-0.2, 0) is 0 Å². The summed E-state index contributed by atoms with van der Waals surface area (Å²) in [7, 11) is 4.40. The average Bonchev–Trinajstić information content (AvgIpc) is 2.61. The Morgan fingerprint density at radius 3 is 1.38 bits per heavy atom. The van der Waals surface area contributed by atoms with E-state index in [9.17, 15) is 0 Å². The standard InChI is InChI=1S/C22H28N2/c1-7-23(5)21-17-11-9-10-12-18(17)22(24(6)8-2)20-16(4)14-13-15(3)19(20)21/h9-14H,7-8H2,1-6H3. The highest BCUT2D eigenvalue weighted by Crippen LogP contribution is 2.45. The minimum atomic E-state index is 0.995. The van der Waals surface area contributed by atoms with Crippen LogP contribution >= 0.6 is 0 Å². The molecule has 24 heavy (non-hydrogen) atoms. The highest BCUT2D eigenvalue weighted by atomic mass is 15.1. The molecule has 126 valence electrons. The van der Waals surface area contributed by atoms with Crippen molar-refractivity contribution in [3.63, 3.8) is 0 Å². The Labute approximate surface area is 145 Å². The molecule has 0 bridgehead atoms. The zero-order chi connectivity index (χ0) is 17.4. The van der Waals surface area contributed by atoms with Crippen LogP contribution in [-0.4, -0.2) is 27.2 Å². The van der Waals surface area contributed by atoms with E-state index in [0.29, 0.717) is 0 Å². The zero-order valence-electron chi connectivity index (χ0n) is 15.8. The lowest BCUT2D eigenvalue weighted by Gasteiger charge is -2.29. The second kappa shape index (κ2) is 6.35. The Kier molecular flexibility index (Phi) is 4.40. The monoisotopic (exact) mass is 320 g/mol. The summed E-state index contributed by atoms with van der Waals surface area (Å²) in [4.78, 5) is 4.76. The molecule has 0 fully saturated rings. The summed E-state index contributed by atoms with van der Waals surface area (Å²) < 4.78 is 0. The van der Waals surface area contributed by atoms with Crippen LogP contribution < -0.4 is 9.80 Å². The number of aryl methyl sites for hydroxylation is 2. The Morgan fingerprint density at radius 2 is 1.04 bits per heavy atom. The topological polar surface area (TPSA) is 6.48 Å². The lowest BCUT2D eigenvalue weighted by Crippen LogP contribution is -2.20. The van der Waals surface area contributed by atoms with Crippen LogP contribution in [0.2, 0.25) is 0 Å². The molecule has 2 nitrogen and oxygen atoms in total. The van der Waals surface area contributed by atoms with Gasteiger partial charge in [-0.2, -0.15) is 0 Å². The number of rotatable bonds is 4. The van der Waals surface area contributed by atoms with Crippen LogP contribution in [0.4, 0.5) is 11.4 Å². The number of hydrogen-bond acceptors (Lipinski definition) is 2. The summed E-state index contributed by atoms with van der Waals surface area (Å²) in [6, 6.07) is 13.4. The Bertz CT molecular complexity index is 821. The van der Waals surface area contributed by atoms with E-state index in [1.165, 1.54) is 44.0 Å². The third-order valence-electron chi connectivity index (χ3n) is 5.25. The first-order chi connectivity index (χ1) is 11.5. The Balaban J connectivity index is 2.65. The minimum Gasteiger partial charge on any atom is -0.374 e. The SMILES string of the molecule is CCN(C)c1c2ccccc2c(N(C)CC)c2c(C)ccc(C)c12. The lowest BCUT2D eigenvalue weighted by atomic mass is 9.92. The van der Waals surface area contributed by atoms with E-state index in [2.05, 4.69) is 88.0 Å². The van der Waals surface area contributed by atoms with Crippen molar-refractivity contribution in [2.75, 3.05) is 37.0 Å². The van der Waals surface area contributed by atoms with E-state index < -0.39 is 0 Å². The molecule has 0 N–H and O–H groups in total. The van der Waals surface area contributed by atoms with E-state index in [0.717, 1.165) is 13.1 Å². The second-order valence-electron chi connectivity index (χ2n) is 6.72. The van der Waals surface area contributed by atoms with Gasteiger partial charge in [0.1, 0.15) is 0 Å². The maximum absolute atomic E-state index is 2.38. The average molecular weight is 320 g/mol. The van der Waals surface area contributed by atoms with Crippen LogP contribution in [0.1, 0.15) is 25.0 Å². The van der Waals surface area contributed by atoms with Gasteiger partial charge >= 0.3 is 0 Å². The molecule has 0 aliphatic heterocycles. The van der Waals surface area contributed by atoms with Gasteiger partial charge in [0.05, 0.1) is 11.4 Å². The fourth-order valence-corrected chi connectivity index (χ4v) is 3.70. The summed E-state index contributed by atoms with van der Waals surface area (Å²) >= 11 is 0. The van der Waals surface area contributed by atoms with Gasteiger partial charge in [-0.3, -0.25) is 0 Å². The maximum atomic E-state index is 2.38. The fourth-order valence-electron chi connectivity index (χ4n) is 3.70. The summed E-state index contributed by atoms with van der Waals surface area (Å²) in [5, 5.41) is 5.48. The lowest BCUT2D eigenvalue weighted by molar-refractivity contribution is 0.971. The third kappa shape index (κ3) is 2.41. The molecule has 3 aromatic carbocycles. The number of hydrogen-bond donors (Lipinski definition) is 0. The highest BCUT2D eigenvalue weighted by molar-refractivity contribution is 6.21. The molecule has 0 heterocycles. The molecule has 0 spiro atoms. The summed E-state index contributed by atoms with van der Waals surface area (Å²) in [5.41, 5.74) is 5.42. The molecule has 0 aliphatic carbocycles. The van der Waals surface area contributed by atoms with Gasteiger partial charge in [-0.05, 0) is 38.8 Å². The Hall–Kier alpha value is -2.22. The molecule has 0 saturated carbocycles. The number of anilines is 2. The van der Waals surface area contributed by atoms with Crippen LogP contribution in [0.25, 0.3) is 21.5 Å². The molecule has 0 amide bonds. The van der Waals surface area contributed by atoms with Gasteiger partial charge in [0.15, 0.2) is 0 Å². The van der Waals surface area contributed by atoms with Gasteiger partial charge in [-0.1, -0.05) is 36.4 Å². The fraction of sp³-hybridized carbons (Fsp3) is 0.364. The predicted molar refractivity (Wildman–Crippen MR) is 109 cm³/mol. The zero-order valence-corrected chi connectivity index (χ0v) is 15.8. The van der Waals surface area contributed by atoms with Crippen molar-refractivity contribution in [2.45, 2.75) is 27.7 Å². The third-order valence-corrected chi connectivity index (χ3v) is 5.25. The van der Waals surface area contributed by atoms with E-state index in [1.54, 1.807) is 0 Å². The number of benzene rings is 3. The van der Waals surface area contributed by atoms with Gasteiger partial charge < -0.3 is 9.80 Å². The van der Waals surface area contributed by atoms with Crippen LogP contribution in [0.5, 0.6) is 0 Å². The molecule has 0 aliphatic rings. The molecule has 0 radical (unpaired) electrons. The first-order valence-corrected chi connectivity index (χ1v) is 8.88. The van der Waals surface area contributed by atoms with Crippen molar-refractivity contribution in [1.82, 2.24) is 0 Å². The molecular formula is C22H28N2. The van der Waals surface area contributed by atoms with Gasteiger partial charge in [-0.25, -0.2) is 0 Å². The van der Waals surface area contributed by atoms with Crippen molar-refractivity contribution in [2.24, 2.45) is 0 Å². The van der Waals surface area contributed by atoms with E-state index in [-0.39, 0.29) is 0 Å². The molecule has 3 rings (SSSR count). The van der Waals surface area contributed by atoms with Gasteiger partial charge in [0.2, 0.25) is 0 Å². The molecule has 0 atom stereocenters. The van der Waals surface area contributed by atoms with Crippen LogP contribution in [0.15, 0.2) is 36.4 Å². The quantitative estimate of drug-likeness (QED) is 0.461. The van der Waals surface area contributed by atoms with E-state index >= 15 is 0 Å². The van der Waals surface area contributed by atoms with Gasteiger partial charge in [-0.15, -0.1) is 0 Å². The summed E-state index contributed by atoms with van der Waals surface area (Å²) in [6.07, 6.45) is 0. The molecule has 2 heteroatoms. The summed E-state index contributed by atoms with van der Waals surface area (Å²) in [5.74, 6) is 0. The van der Waals surface area contributed by atoms with Gasteiger partial charge in [0, 0.05) is 48.7 Å². The predicted octanol–water partition coefficient (Wildman–Crippen LogP) is 5.52. The molecule has 0 unspecified atom stereocenters. The van der Waals surface area contributed by atoms with Crippen LogP contribution in [0, 0.1) is 13.8 Å². The number of fused-ring (bicyclic) bond motifs is 2.